The summed E-state index contributed by atoms with van der Waals surface area (Å²) < 4.78 is 5.18. The normalized spacial score (nSPS) is 10.4. The minimum atomic E-state index is -0.221. The van der Waals surface area contributed by atoms with E-state index in [1.54, 1.807) is 7.11 Å². The van der Waals surface area contributed by atoms with Crippen molar-refractivity contribution in [2.75, 3.05) is 13.7 Å². The number of hydrogen-bond donors (Lipinski definition) is 1. The van der Waals surface area contributed by atoms with Crippen molar-refractivity contribution in [3.63, 3.8) is 0 Å². The number of carbonyl (C=O) groups is 1. The molecule has 0 saturated heterocycles. The standard InChI is InChI=1S/C17H18N2O3/c1-21-16-10-6-5-9-15(16)12-19-22-13-17(20)18-11-14-7-3-2-4-8-14/h2-10,12H,11,13H2,1H3,(H,18,20)/b19-12-. The van der Waals surface area contributed by atoms with Crippen LogP contribution in [0.3, 0.4) is 0 Å². The van der Waals surface area contributed by atoms with Crippen LogP contribution in [0.15, 0.2) is 59.8 Å². The first-order valence-corrected chi connectivity index (χ1v) is 6.88. The highest BCUT2D eigenvalue weighted by Gasteiger charge is 2.01. The van der Waals surface area contributed by atoms with Crippen LogP contribution in [0.2, 0.25) is 0 Å². The first kappa shape index (κ1) is 15.6. The second kappa shape index (κ2) is 8.46. The topological polar surface area (TPSA) is 59.9 Å². The molecule has 22 heavy (non-hydrogen) atoms. The van der Waals surface area contributed by atoms with Gasteiger partial charge in [-0.15, -0.1) is 0 Å². The predicted octanol–water partition coefficient (Wildman–Crippen LogP) is 2.36. The maximum atomic E-state index is 11.6. The Bertz CT molecular complexity index is 627. The third-order valence-electron chi connectivity index (χ3n) is 2.93. The summed E-state index contributed by atoms with van der Waals surface area (Å²) in [6, 6.07) is 17.1. The lowest BCUT2D eigenvalue weighted by molar-refractivity contribution is -0.125. The van der Waals surface area contributed by atoms with Crippen molar-refractivity contribution in [1.29, 1.82) is 0 Å². The Morgan fingerprint density at radius 1 is 1.14 bits per heavy atom. The van der Waals surface area contributed by atoms with E-state index < -0.39 is 0 Å². The maximum Gasteiger partial charge on any atom is 0.261 e. The fourth-order valence-electron chi connectivity index (χ4n) is 1.81. The summed E-state index contributed by atoms with van der Waals surface area (Å²) in [4.78, 5) is 16.6. The van der Waals surface area contributed by atoms with Gasteiger partial charge in [-0.2, -0.15) is 0 Å². The average molecular weight is 298 g/mol. The average Bonchev–Trinajstić information content (AvgIpc) is 2.58. The van der Waals surface area contributed by atoms with Crippen LogP contribution in [0, 0.1) is 0 Å². The van der Waals surface area contributed by atoms with Crippen LogP contribution in [-0.4, -0.2) is 25.8 Å². The van der Waals surface area contributed by atoms with Gasteiger partial charge >= 0.3 is 0 Å². The lowest BCUT2D eigenvalue weighted by Crippen LogP contribution is -2.26. The molecule has 2 aromatic rings. The first-order chi connectivity index (χ1) is 10.8. The highest BCUT2D eigenvalue weighted by atomic mass is 16.6. The molecule has 0 heterocycles. The summed E-state index contributed by atoms with van der Waals surface area (Å²) in [6.07, 6.45) is 1.52. The van der Waals surface area contributed by atoms with Crippen LogP contribution in [0.4, 0.5) is 0 Å². The lowest BCUT2D eigenvalue weighted by atomic mass is 10.2. The van der Waals surface area contributed by atoms with E-state index >= 15 is 0 Å². The molecule has 0 aromatic heterocycles. The Morgan fingerprint density at radius 2 is 1.86 bits per heavy atom. The minimum absolute atomic E-state index is 0.127. The number of ether oxygens (including phenoxy) is 1. The Kier molecular flexibility index (Phi) is 5.99. The van der Waals surface area contributed by atoms with Crippen LogP contribution in [0.1, 0.15) is 11.1 Å². The van der Waals surface area contributed by atoms with Gasteiger partial charge < -0.3 is 14.9 Å². The van der Waals surface area contributed by atoms with Crippen molar-refractivity contribution in [2.24, 2.45) is 5.16 Å². The van der Waals surface area contributed by atoms with E-state index in [-0.39, 0.29) is 12.5 Å². The molecule has 0 aliphatic heterocycles. The number of oxime groups is 1. The molecule has 0 fully saturated rings. The van der Waals surface area contributed by atoms with Gasteiger partial charge in [0.2, 0.25) is 0 Å². The minimum Gasteiger partial charge on any atom is -0.496 e. The number of nitrogens with zero attached hydrogens (tertiary/aromatic N) is 1. The number of amides is 1. The SMILES string of the molecule is COc1ccccc1/C=N\OCC(=O)NCc1ccccc1. The Balaban J connectivity index is 1.73. The van der Waals surface area contributed by atoms with Gasteiger partial charge in [0.15, 0.2) is 6.61 Å². The maximum absolute atomic E-state index is 11.6. The number of hydrogen-bond acceptors (Lipinski definition) is 4. The van der Waals surface area contributed by atoms with E-state index in [1.165, 1.54) is 6.21 Å². The van der Waals surface area contributed by atoms with E-state index in [1.807, 2.05) is 54.6 Å². The van der Waals surface area contributed by atoms with Crippen molar-refractivity contribution in [3.05, 3.63) is 65.7 Å². The molecule has 0 saturated carbocycles. The summed E-state index contributed by atoms with van der Waals surface area (Å²) in [7, 11) is 1.59. The second-order valence-electron chi connectivity index (χ2n) is 4.51. The fraction of sp³-hybridized carbons (Fsp3) is 0.176. The van der Waals surface area contributed by atoms with Crippen molar-refractivity contribution >= 4 is 12.1 Å². The molecule has 0 unspecified atom stereocenters. The van der Waals surface area contributed by atoms with E-state index in [0.717, 1.165) is 11.1 Å². The van der Waals surface area contributed by atoms with Crippen molar-refractivity contribution in [1.82, 2.24) is 5.32 Å². The zero-order valence-corrected chi connectivity index (χ0v) is 12.4. The highest BCUT2D eigenvalue weighted by Crippen LogP contribution is 2.14. The molecule has 0 aliphatic carbocycles. The summed E-state index contributed by atoms with van der Waals surface area (Å²) >= 11 is 0. The largest absolute Gasteiger partial charge is 0.496 e. The third-order valence-corrected chi connectivity index (χ3v) is 2.93. The third kappa shape index (κ3) is 4.94. The zero-order chi connectivity index (χ0) is 15.6. The van der Waals surface area contributed by atoms with Gasteiger partial charge in [0, 0.05) is 12.1 Å². The fourth-order valence-corrected chi connectivity index (χ4v) is 1.81. The van der Waals surface area contributed by atoms with Crippen LogP contribution in [-0.2, 0) is 16.2 Å². The highest BCUT2D eigenvalue weighted by molar-refractivity contribution is 5.83. The smallest absolute Gasteiger partial charge is 0.261 e. The number of methoxy groups -OCH3 is 1. The van der Waals surface area contributed by atoms with Gasteiger partial charge in [0.1, 0.15) is 5.75 Å². The van der Waals surface area contributed by atoms with Gasteiger partial charge in [-0.25, -0.2) is 0 Å². The van der Waals surface area contributed by atoms with Gasteiger partial charge in [-0.3, -0.25) is 4.79 Å². The van der Waals surface area contributed by atoms with Crippen molar-refractivity contribution in [2.45, 2.75) is 6.54 Å². The molecule has 1 N–H and O–H groups in total. The molecule has 0 bridgehead atoms. The number of nitrogens with one attached hydrogen (secondary N) is 1. The Hall–Kier alpha value is -2.82. The van der Waals surface area contributed by atoms with Gasteiger partial charge in [0.25, 0.3) is 5.91 Å². The number of benzene rings is 2. The summed E-state index contributed by atoms with van der Waals surface area (Å²) in [6.45, 7) is 0.345. The van der Waals surface area contributed by atoms with Crippen molar-refractivity contribution < 1.29 is 14.4 Å². The number of rotatable bonds is 7. The van der Waals surface area contributed by atoms with Gasteiger partial charge in [0.05, 0.1) is 13.3 Å². The van der Waals surface area contributed by atoms with Gasteiger partial charge in [-0.05, 0) is 17.7 Å². The van der Waals surface area contributed by atoms with Crippen molar-refractivity contribution in [3.8, 4) is 5.75 Å². The molecule has 1 amide bonds. The van der Waals surface area contributed by atoms with Crippen LogP contribution in [0.5, 0.6) is 5.75 Å². The summed E-state index contributed by atoms with van der Waals surface area (Å²) in [5.41, 5.74) is 1.82. The monoisotopic (exact) mass is 298 g/mol. The zero-order valence-electron chi connectivity index (χ0n) is 12.4. The number of carbonyl (C=O) groups excluding carboxylic acids is 1. The predicted molar refractivity (Wildman–Crippen MR) is 84.8 cm³/mol. The molecule has 2 rings (SSSR count). The van der Waals surface area contributed by atoms with E-state index in [9.17, 15) is 4.79 Å². The summed E-state index contributed by atoms with van der Waals surface area (Å²) in [5, 5.41) is 6.54. The molecule has 0 atom stereocenters. The molecule has 114 valence electrons. The number of para-hydroxylation sites is 1. The van der Waals surface area contributed by atoms with E-state index in [4.69, 9.17) is 9.57 Å². The molecule has 0 radical (unpaired) electrons. The molecule has 5 heteroatoms. The lowest BCUT2D eigenvalue weighted by Gasteiger charge is -2.05. The van der Waals surface area contributed by atoms with Crippen LogP contribution < -0.4 is 10.1 Å². The molecular weight excluding hydrogens is 280 g/mol. The Morgan fingerprint density at radius 3 is 2.64 bits per heavy atom. The quantitative estimate of drug-likeness (QED) is 0.630. The van der Waals surface area contributed by atoms with E-state index in [2.05, 4.69) is 10.5 Å². The molecule has 5 nitrogen and oxygen atoms in total. The summed E-state index contributed by atoms with van der Waals surface area (Å²) in [5.74, 6) is 0.476. The first-order valence-electron chi connectivity index (χ1n) is 6.88. The van der Waals surface area contributed by atoms with Gasteiger partial charge in [-0.1, -0.05) is 47.6 Å². The Labute approximate surface area is 129 Å². The molecule has 0 spiro atoms. The molecular formula is C17H18N2O3. The molecule has 2 aromatic carbocycles. The van der Waals surface area contributed by atoms with Crippen LogP contribution >= 0.6 is 0 Å². The second-order valence-corrected chi connectivity index (χ2v) is 4.51. The van der Waals surface area contributed by atoms with E-state index in [0.29, 0.717) is 12.3 Å². The molecule has 0 aliphatic rings. The van der Waals surface area contributed by atoms with Crippen LogP contribution in [0.25, 0.3) is 0 Å².